The normalized spacial score (nSPS) is 19.2. The van der Waals surface area contributed by atoms with Gasteiger partial charge in [0.05, 0.1) is 12.7 Å². The fourth-order valence-electron chi connectivity index (χ4n) is 3.85. The molecule has 0 bridgehead atoms. The third kappa shape index (κ3) is 5.98. The van der Waals surface area contributed by atoms with Crippen LogP contribution >= 0.6 is 0 Å². The van der Waals surface area contributed by atoms with Crippen molar-refractivity contribution in [1.29, 1.82) is 0 Å². The van der Waals surface area contributed by atoms with Gasteiger partial charge in [0.1, 0.15) is 10.6 Å². The first kappa shape index (κ1) is 25.1. The molecule has 31 heavy (non-hydrogen) atoms. The van der Waals surface area contributed by atoms with Crippen LogP contribution in [0.4, 0.5) is 0 Å². The molecular formula is C22H34N2O6S. The number of sulfonamides is 1. The molecule has 0 aliphatic heterocycles. The standard InChI is InChI=1S/C22H34N2O6S/c1-6-24(7-2)31(27,28)20-14-17(10-13-19(20)29-5)22(26)30-15-21(25)23(4)18-11-8-16(3)9-12-18/h10,13-14,16,18H,6-9,11-12,15H2,1-5H3. The number of hydrogen-bond donors (Lipinski definition) is 0. The summed E-state index contributed by atoms with van der Waals surface area (Å²) < 4.78 is 37.5. The largest absolute Gasteiger partial charge is 0.495 e. The number of rotatable bonds is 9. The Bertz CT molecular complexity index is 874. The fourth-order valence-corrected chi connectivity index (χ4v) is 5.49. The van der Waals surface area contributed by atoms with Crippen molar-refractivity contribution in [1.82, 2.24) is 9.21 Å². The predicted molar refractivity (Wildman–Crippen MR) is 118 cm³/mol. The van der Waals surface area contributed by atoms with E-state index < -0.39 is 16.0 Å². The minimum Gasteiger partial charge on any atom is -0.495 e. The number of carbonyl (C=O) groups excluding carboxylic acids is 2. The second-order valence-corrected chi connectivity index (χ2v) is 9.86. The van der Waals surface area contributed by atoms with Crippen molar-refractivity contribution in [2.45, 2.75) is 57.4 Å². The predicted octanol–water partition coefficient (Wildman–Crippen LogP) is 2.92. The van der Waals surface area contributed by atoms with Crippen molar-refractivity contribution in [2.75, 3.05) is 33.9 Å². The third-order valence-corrected chi connectivity index (χ3v) is 8.05. The second kappa shape index (κ2) is 10.9. The number of carbonyl (C=O) groups is 2. The molecule has 1 saturated carbocycles. The van der Waals surface area contributed by atoms with Crippen LogP contribution in [0.5, 0.6) is 5.75 Å². The van der Waals surface area contributed by atoms with Crippen LogP contribution in [0.2, 0.25) is 0 Å². The molecule has 1 fully saturated rings. The Morgan fingerprint density at radius 1 is 1.10 bits per heavy atom. The van der Waals surface area contributed by atoms with E-state index in [9.17, 15) is 18.0 Å². The number of amides is 1. The Hall–Kier alpha value is -2.13. The number of ether oxygens (including phenoxy) is 2. The first-order valence-electron chi connectivity index (χ1n) is 10.8. The summed E-state index contributed by atoms with van der Waals surface area (Å²) in [4.78, 5) is 26.6. The van der Waals surface area contributed by atoms with E-state index in [1.807, 2.05) is 0 Å². The summed E-state index contributed by atoms with van der Waals surface area (Å²) in [6.07, 6.45) is 4.06. The second-order valence-electron chi connectivity index (χ2n) is 7.95. The lowest BCUT2D eigenvalue weighted by molar-refractivity contribution is -0.136. The van der Waals surface area contributed by atoms with Crippen LogP contribution < -0.4 is 4.74 Å². The zero-order valence-corrected chi connectivity index (χ0v) is 19.9. The molecule has 9 heteroatoms. The highest BCUT2D eigenvalue weighted by atomic mass is 32.2. The van der Waals surface area contributed by atoms with E-state index in [-0.39, 0.29) is 47.9 Å². The summed E-state index contributed by atoms with van der Waals surface area (Å²) in [6.45, 7) is 5.88. The SMILES string of the molecule is CCN(CC)S(=O)(=O)c1cc(C(=O)OCC(=O)N(C)C2CCC(C)CC2)ccc1OC. The van der Waals surface area contributed by atoms with Gasteiger partial charge in [0, 0.05) is 26.2 Å². The van der Waals surface area contributed by atoms with E-state index >= 15 is 0 Å². The Kier molecular flexibility index (Phi) is 8.88. The highest BCUT2D eigenvalue weighted by Crippen LogP contribution is 2.29. The maximum Gasteiger partial charge on any atom is 0.338 e. The van der Waals surface area contributed by atoms with Crippen molar-refractivity contribution >= 4 is 21.9 Å². The number of esters is 1. The molecule has 0 unspecified atom stereocenters. The lowest BCUT2D eigenvalue weighted by atomic mass is 9.87. The molecular weight excluding hydrogens is 420 g/mol. The highest BCUT2D eigenvalue weighted by Gasteiger charge is 2.28. The average Bonchev–Trinajstić information content (AvgIpc) is 2.77. The van der Waals surface area contributed by atoms with Crippen LogP contribution in [-0.2, 0) is 19.6 Å². The molecule has 1 aromatic rings. The van der Waals surface area contributed by atoms with Crippen molar-refractivity contribution in [3.63, 3.8) is 0 Å². The van der Waals surface area contributed by atoms with Crippen molar-refractivity contribution in [3.8, 4) is 5.75 Å². The van der Waals surface area contributed by atoms with Crippen LogP contribution in [0, 0.1) is 5.92 Å². The van der Waals surface area contributed by atoms with Crippen molar-refractivity contribution < 1.29 is 27.5 Å². The molecule has 2 rings (SSSR count). The van der Waals surface area contributed by atoms with Gasteiger partial charge in [-0.15, -0.1) is 0 Å². The monoisotopic (exact) mass is 454 g/mol. The van der Waals surface area contributed by atoms with Crippen LogP contribution in [-0.4, -0.2) is 69.4 Å². The van der Waals surface area contributed by atoms with Crippen LogP contribution in [0.25, 0.3) is 0 Å². The zero-order valence-electron chi connectivity index (χ0n) is 19.1. The number of methoxy groups -OCH3 is 1. The first-order chi connectivity index (χ1) is 14.6. The van der Waals surface area contributed by atoms with Crippen molar-refractivity contribution in [2.24, 2.45) is 5.92 Å². The van der Waals surface area contributed by atoms with Crippen molar-refractivity contribution in [3.05, 3.63) is 23.8 Å². The maximum atomic E-state index is 12.9. The van der Waals surface area contributed by atoms with E-state index in [0.717, 1.165) is 25.7 Å². The van der Waals surface area contributed by atoms with Gasteiger partial charge in [-0.05, 0) is 49.8 Å². The molecule has 0 radical (unpaired) electrons. The molecule has 1 amide bonds. The van der Waals surface area contributed by atoms with Crippen LogP contribution in [0.3, 0.4) is 0 Å². The Morgan fingerprint density at radius 3 is 2.26 bits per heavy atom. The number of hydrogen-bond acceptors (Lipinski definition) is 6. The molecule has 1 aliphatic carbocycles. The molecule has 0 atom stereocenters. The molecule has 0 aromatic heterocycles. The number of benzene rings is 1. The molecule has 174 valence electrons. The van der Waals surface area contributed by atoms with Gasteiger partial charge in [-0.1, -0.05) is 20.8 Å². The summed E-state index contributed by atoms with van der Waals surface area (Å²) in [5, 5.41) is 0. The number of nitrogens with zero attached hydrogens (tertiary/aromatic N) is 2. The van der Waals surface area contributed by atoms with Gasteiger partial charge < -0.3 is 14.4 Å². The molecule has 1 aliphatic rings. The summed E-state index contributed by atoms with van der Waals surface area (Å²) in [5.41, 5.74) is 0.0495. The lowest BCUT2D eigenvalue weighted by Gasteiger charge is -2.33. The van der Waals surface area contributed by atoms with Gasteiger partial charge in [0.15, 0.2) is 6.61 Å². The van der Waals surface area contributed by atoms with Crippen LogP contribution in [0.15, 0.2) is 23.1 Å². The fraction of sp³-hybridized carbons (Fsp3) is 0.636. The smallest absolute Gasteiger partial charge is 0.338 e. The molecule has 1 aromatic carbocycles. The third-order valence-electron chi connectivity index (χ3n) is 5.98. The summed E-state index contributed by atoms with van der Waals surface area (Å²) in [5.74, 6) is -0.199. The average molecular weight is 455 g/mol. The molecule has 0 saturated heterocycles. The van der Waals surface area contributed by atoms with E-state index in [2.05, 4.69) is 6.92 Å². The Labute approximate surface area is 185 Å². The van der Waals surface area contributed by atoms with E-state index in [1.165, 1.54) is 29.6 Å². The maximum absolute atomic E-state index is 12.9. The Morgan fingerprint density at radius 2 is 1.71 bits per heavy atom. The lowest BCUT2D eigenvalue weighted by Crippen LogP contribution is -2.41. The number of likely N-dealkylation sites (N-methyl/N-ethyl adjacent to an activating group) is 1. The first-order valence-corrected chi connectivity index (χ1v) is 12.2. The highest BCUT2D eigenvalue weighted by molar-refractivity contribution is 7.89. The van der Waals surface area contributed by atoms with Gasteiger partial charge in [-0.25, -0.2) is 13.2 Å². The summed E-state index contributed by atoms with van der Waals surface area (Å²) in [6, 6.07) is 4.25. The summed E-state index contributed by atoms with van der Waals surface area (Å²) in [7, 11) is -0.733. The summed E-state index contributed by atoms with van der Waals surface area (Å²) >= 11 is 0. The minimum atomic E-state index is -3.84. The van der Waals surface area contributed by atoms with E-state index in [4.69, 9.17) is 9.47 Å². The van der Waals surface area contributed by atoms with Gasteiger partial charge >= 0.3 is 5.97 Å². The van der Waals surface area contributed by atoms with E-state index in [0.29, 0.717) is 5.92 Å². The van der Waals surface area contributed by atoms with Gasteiger partial charge in [0.2, 0.25) is 10.0 Å². The molecule has 0 heterocycles. The topological polar surface area (TPSA) is 93.2 Å². The quantitative estimate of drug-likeness (QED) is 0.533. The van der Waals surface area contributed by atoms with Gasteiger partial charge in [0.25, 0.3) is 5.91 Å². The molecule has 0 N–H and O–H groups in total. The Balaban J connectivity index is 2.11. The van der Waals surface area contributed by atoms with Crippen LogP contribution in [0.1, 0.15) is 56.8 Å². The van der Waals surface area contributed by atoms with Gasteiger partial charge in [-0.3, -0.25) is 4.79 Å². The minimum absolute atomic E-state index is 0.0495. The van der Waals surface area contributed by atoms with Gasteiger partial charge in [-0.2, -0.15) is 4.31 Å². The molecule has 8 nitrogen and oxygen atoms in total. The molecule has 0 spiro atoms. The van der Waals surface area contributed by atoms with E-state index in [1.54, 1.807) is 25.8 Å². The zero-order chi connectivity index (χ0) is 23.2.